The minimum Gasteiger partial charge on any atom is -0.460 e. The summed E-state index contributed by atoms with van der Waals surface area (Å²) >= 11 is 0. The van der Waals surface area contributed by atoms with Crippen LogP contribution < -0.4 is 0 Å². The van der Waals surface area contributed by atoms with Crippen LogP contribution in [0.1, 0.15) is 13.8 Å². The van der Waals surface area contributed by atoms with Crippen molar-refractivity contribution in [2.75, 3.05) is 7.05 Å². The van der Waals surface area contributed by atoms with Gasteiger partial charge in [0.1, 0.15) is 7.05 Å². The molecule has 0 unspecified atom stereocenters. The molecule has 14 heavy (non-hydrogen) atoms. The van der Waals surface area contributed by atoms with Crippen molar-refractivity contribution in [2.24, 2.45) is 0 Å². The molecule has 2 nitrogen and oxygen atoms in total. The molecule has 1 aromatic rings. The quantitative estimate of drug-likeness (QED) is 0.432. The van der Waals surface area contributed by atoms with Gasteiger partial charge in [-0.2, -0.15) is 4.58 Å². The molecule has 0 saturated carbocycles. The normalized spacial score (nSPS) is 11.9. The summed E-state index contributed by atoms with van der Waals surface area (Å²) in [6, 6.07) is 9.75. The first kappa shape index (κ1) is 10.5. The number of benzene rings is 1. The second kappa shape index (κ2) is 4.61. The van der Waals surface area contributed by atoms with Crippen LogP contribution >= 0.6 is 0 Å². The zero-order valence-corrected chi connectivity index (χ0v) is 8.86. The topological polar surface area (TPSA) is 23.2 Å². The largest absolute Gasteiger partial charge is 0.460 e. The lowest BCUT2D eigenvalue weighted by Gasteiger charge is -1.96. The van der Waals surface area contributed by atoms with E-state index in [0.29, 0.717) is 0 Å². The van der Waals surface area contributed by atoms with E-state index < -0.39 is 0 Å². The van der Waals surface area contributed by atoms with Crippen LogP contribution in [0.5, 0.6) is 0 Å². The highest BCUT2D eigenvalue weighted by molar-refractivity contribution is 5.82. The van der Waals surface area contributed by atoms with Crippen LogP contribution in [-0.4, -0.2) is 22.6 Å². The van der Waals surface area contributed by atoms with Gasteiger partial charge in [0.25, 0.3) is 0 Å². The highest BCUT2D eigenvalue weighted by Gasteiger charge is 2.07. The standard InChI is InChI=1S/C12H15NO/c1-10(2)9-12(14)13(3)11-7-5-4-6-8-11/h4-9H,1-3H3/p+1. The molecule has 0 radical (unpaired) electrons. The first-order valence-electron chi connectivity index (χ1n) is 4.61. The number of hydrogen-bond donors (Lipinski definition) is 1. The van der Waals surface area contributed by atoms with E-state index >= 15 is 0 Å². The van der Waals surface area contributed by atoms with Crippen molar-refractivity contribution >= 4 is 11.6 Å². The SMILES string of the molecule is CC(C)=CC(O)=[N+](C)c1ccccc1. The van der Waals surface area contributed by atoms with E-state index in [2.05, 4.69) is 0 Å². The third-order valence-corrected chi connectivity index (χ3v) is 1.90. The van der Waals surface area contributed by atoms with Crippen LogP contribution in [0.4, 0.5) is 5.69 Å². The zero-order chi connectivity index (χ0) is 10.6. The van der Waals surface area contributed by atoms with E-state index in [4.69, 9.17) is 0 Å². The van der Waals surface area contributed by atoms with Crippen molar-refractivity contribution in [3.8, 4) is 0 Å². The Labute approximate surface area is 84.8 Å². The zero-order valence-electron chi connectivity index (χ0n) is 8.86. The molecule has 0 amide bonds. The van der Waals surface area contributed by atoms with Gasteiger partial charge in [-0.05, 0) is 13.8 Å². The van der Waals surface area contributed by atoms with Crippen molar-refractivity contribution in [1.29, 1.82) is 0 Å². The Morgan fingerprint density at radius 3 is 2.29 bits per heavy atom. The van der Waals surface area contributed by atoms with Crippen LogP contribution in [0.15, 0.2) is 42.0 Å². The van der Waals surface area contributed by atoms with Gasteiger partial charge in [0.15, 0.2) is 0 Å². The van der Waals surface area contributed by atoms with Gasteiger partial charge in [-0.1, -0.05) is 23.8 Å². The molecule has 0 bridgehead atoms. The van der Waals surface area contributed by atoms with E-state index in [-0.39, 0.29) is 5.90 Å². The maximum Gasteiger partial charge on any atom is 0.365 e. The maximum absolute atomic E-state index is 9.71. The molecule has 1 N–H and O–H groups in total. The Balaban J connectivity index is 3.05. The van der Waals surface area contributed by atoms with Crippen LogP contribution in [0.2, 0.25) is 0 Å². The lowest BCUT2D eigenvalue weighted by Crippen LogP contribution is -2.09. The first-order chi connectivity index (χ1) is 6.61. The van der Waals surface area contributed by atoms with Crippen molar-refractivity contribution in [3.05, 3.63) is 42.0 Å². The molecule has 0 heterocycles. The molecule has 0 aromatic heterocycles. The van der Waals surface area contributed by atoms with E-state index in [1.165, 1.54) is 0 Å². The summed E-state index contributed by atoms with van der Waals surface area (Å²) in [5, 5.41) is 9.71. The number of allylic oxidation sites excluding steroid dienone is 1. The third-order valence-electron chi connectivity index (χ3n) is 1.90. The van der Waals surface area contributed by atoms with Gasteiger partial charge < -0.3 is 5.11 Å². The molecule has 0 atom stereocenters. The number of aliphatic hydroxyl groups excluding tert-OH is 1. The van der Waals surface area contributed by atoms with Crippen molar-refractivity contribution in [2.45, 2.75) is 13.8 Å². The van der Waals surface area contributed by atoms with Crippen molar-refractivity contribution < 1.29 is 9.68 Å². The fraction of sp³-hybridized carbons (Fsp3) is 0.250. The first-order valence-corrected chi connectivity index (χ1v) is 4.61. The highest BCUT2D eigenvalue weighted by Crippen LogP contribution is 2.08. The van der Waals surface area contributed by atoms with E-state index in [9.17, 15) is 5.11 Å². The van der Waals surface area contributed by atoms with Gasteiger partial charge >= 0.3 is 5.90 Å². The van der Waals surface area contributed by atoms with Crippen LogP contribution in [0.3, 0.4) is 0 Å². The second-order valence-corrected chi connectivity index (χ2v) is 3.47. The van der Waals surface area contributed by atoms with Gasteiger partial charge in [-0.25, -0.2) is 0 Å². The fourth-order valence-corrected chi connectivity index (χ4v) is 1.14. The van der Waals surface area contributed by atoms with Crippen LogP contribution in [0.25, 0.3) is 0 Å². The monoisotopic (exact) mass is 190 g/mol. The summed E-state index contributed by atoms with van der Waals surface area (Å²) in [6.45, 7) is 3.91. The summed E-state index contributed by atoms with van der Waals surface area (Å²) in [5.74, 6) is 0.260. The third kappa shape index (κ3) is 2.73. The van der Waals surface area contributed by atoms with Gasteiger partial charge in [-0.15, -0.1) is 0 Å². The number of hydrogen-bond acceptors (Lipinski definition) is 0. The lowest BCUT2D eigenvalue weighted by molar-refractivity contribution is -0.413. The van der Waals surface area contributed by atoms with Crippen molar-refractivity contribution in [3.63, 3.8) is 0 Å². The Morgan fingerprint density at radius 2 is 1.79 bits per heavy atom. The molecule has 0 aliphatic carbocycles. The van der Waals surface area contributed by atoms with E-state index in [1.807, 2.05) is 51.2 Å². The molecular weight excluding hydrogens is 174 g/mol. The minimum atomic E-state index is 0.260. The van der Waals surface area contributed by atoms with Gasteiger partial charge in [0.05, 0.1) is 0 Å². The van der Waals surface area contributed by atoms with Gasteiger partial charge in [-0.3, -0.25) is 0 Å². The summed E-state index contributed by atoms with van der Waals surface area (Å²) in [6.07, 6.45) is 1.74. The molecule has 74 valence electrons. The molecule has 1 aromatic carbocycles. The average molecular weight is 190 g/mol. The van der Waals surface area contributed by atoms with Gasteiger partial charge in [0.2, 0.25) is 5.69 Å². The molecule has 2 heteroatoms. The number of para-hydroxylation sites is 1. The molecule has 0 fully saturated rings. The summed E-state index contributed by atoms with van der Waals surface area (Å²) in [4.78, 5) is 0. The van der Waals surface area contributed by atoms with Crippen molar-refractivity contribution in [1.82, 2.24) is 0 Å². The number of rotatable bonds is 2. The molecule has 0 saturated heterocycles. The summed E-state index contributed by atoms with van der Waals surface area (Å²) in [5.41, 5.74) is 2.05. The molecule has 0 spiro atoms. The molecule has 1 rings (SSSR count). The fourth-order valence-electron chi connectivity index (χ4n) is 1.14. The smallest absolute Gasteiger partial charge is 0.365 e. The number of nitrogens with zero attached hydrogens (tertiary/aromatic N) is 1. The molecule has 0 aliphatic heterocycles. The molecule has 0 aliphatic rings. The van der Waals surface area contributed by atoms with Gasteiger partial charge in [0, 0.05) is 18.2 Å². The number of aliphatic hydroxyl groups is 1. The van der Waals surface area contributed by atoms with Crippen LogP contribution in [0, 0.1) is 0 Å². The Hall–Kier alpha value is -1.57. The Kier molecular flexibility index (Phi) is 3.46. The Morgan fingerprint density at radius 1 is 1.21 bits per heavy atom. The minimum absolute atomic E-state index is 0.260. The molecular formula is C12H16NO+. The second-order valence-electron chi connectivity index (χ2n) is 3.47. The maximum atomic E-state index is 9.71. The predicted octanol–water partition coefficient (Wildman–Crippen LogP) is 2.88. The predicted molar refractivity (Wildman–Crippen MR) is 59.4 cm³/mol. The Bertz CT molecular complexity index is 359. The average Bonchev–Trinajstić information content (AvgIpc) is 2.17. The van der Waals surface area contributed by atoms with E-state index in [0.717, 1.165) is 11.3 Å². The van der Waals surface area contributed by atoms with Crippen LogP contribution in [-0.2, 0) is 0 Å². The van der Waals surface area contributed by atoms with E-state index in [1.54, 1.807) is 10.7 Å². The summed E-state index contributed by atoms with van der Waals surface area (Å²) in [7, 11) is 1.84. The summed E-state index contributed by atoms with van der Waals surface area (Å²) < 4.78 is 1.74. The highest BCUT2D eigenvalue weighted by atomic mass is 16.3. The lowest BCUT2D eigenvalue weighted by atomic mass is 10.3.